The van der Waals surface area contributed by atoms with Crippen LogP contribution in [-0.4, -0.2) is 39.5 Å². The number of hydrogen-bond acceptors (Lipinski definition) is 5. The lowest BCUT2D eigenvalue weighted by atomic mass is 10.2. The van der Waals surface area contributed by atoms with Crippen LogP contribution in [0.25, 0.3) is 0 Å². The second kappa shape index (κ2) is 7.51. The lowest BCUT2D eigenvalue weighted by Gasteiger charge is -2.23. The second-order valence-corrected chi connectivity index (χ2v) is 8.33. The lowest BCUT2D eigenvalue weighted by molar-refractivity contribution is 0.175. The number of sulfonamides is 1. The van der Waals surface area contributed by atoms with Crippen LogP contribution in [0.2, 0.25) is 0 Å². The minimum Gasteiger partial charge on any atom is -0.383 e. The minimum atomic E-state index is -3.48. The molecule has 0 saturated heterocycles. The summed E-state index contributed by atoms with van der Waals surface area (Å²) in [6, 6.07) is 1.69. The van der Waals surface area contributed by atoms with E-state index in [2.05, 4.69) is 0 Å². The van der Waals surface area contributed by atoms with Gasteiger partial charge in [-0.25, -0.2) is 8.42 Å². The fourth-order valence-electron chi connectivity index (χ4n) is 1.93. The third-order valence-corrected chi connectivity index (χ3v) is 6.05. The number of thiophene rings is 1. The maximum atomic E-state index is 12.8. The van der Waals surface area contributed by atoms with Crippen LogP contribution in [0.1, 0.15) is 23.6 Å². The van der Waals surface area contributed by atoms with Gasteiger partial charge in [0.25, 0.3) is 0 Å². The van der Waals surface area contributed by atoms with Gasteiger partial charge in [-0.05, 0) is 18.9 Å². The van der Waals surface area contributed by atoms with E-state index in [-0.39, 0.29) is 5.92 Å². The monoisotopic (exact) mass is 320 g/mol. The number of hydrogen-bond donors (Lipinski definition) is 1. The molecule has 0 radical (unpaired) electrons. The van der Waals surface area contributed by atoms with E-state index in [1.807, 2.05) is 20.8 Å². The van der Waals surface area contributed by atoms with Crippen LogP contribution in [0.15, 0.2) is 11.0 Å². The maximum Gasteiger partial charge on any atom is 0.244 e. The van der Waals surface area contributed by atoms with Crippen LogP contribution in [0.4, 0.5) is 0 Å². The molecular formula is C13H24N2O3S2. The van der Waals surface area contributed by atoms with Crippen molar-refractivity contribution in [3.8, 4) is 0 Å². The van der Waals surface area contributed by atoms with Gasteiger partial charge >= 0.3 is 0 Å². The molecular weight excluding hydrogens is 296 g/mol. The molecule has 20 heavy (non-hydrogen) atoms. The quantitative estimate of drug-likeness (QED) is 0.793. The van der Waals surface area contributed by atoms with E-state index < -0.39 is 10.0 Å². The summed E-state index contributed by atoms with van der Waals surface area (Å²) in [6.07, 6.45) is 0. The van der Waals surface area contributed by atoms with Gasteiger partial charge in [-0.2, -0.15) is 4.31 Å². The van der Waals surface area contributed by atoms with E-state index in [9.17, 15) is 8.42 Å². The highest BCUT2D eigenvalue weighted by Crippen LogP contribution is 2.28. The van der Waals surface area contributed by atoms with Crippen molar-refractivity contribution in [1.82, 2.24) is 4.31 Å². The van der Waals surface area contributed by atoms with Crippen molar-refractivity contribution in [3.05, 3.63) is 15.8 Å². The zero-order valence-corrected chi connectivity index (χ0v) is 14.2. The topological polar surface area (TPSA) is 72.6 Å². The van der Waals surface area contributed by atoms with Crippen molar-refractivity contribution < 1.29 is 13.2 Å². The number of aryl methyl sites for hydroxylation is 1. The molecule has 0 aliphatic heterocycles. The summed E-state index contributed by atoms with van der Waals surface area (Å²) in [5.41, 5.74) is 5.59. The summed E-state index contributed by atoms with van der Waals surface area (Å²) in [6.45, 7) is 7.42. The number of methoxy groups -OCH3 is 1. The third-order valence-electron chi connectivity index (χ3n) is 2.86. The summed E-state index contributed by atoms with van der Waals surface area (Å²) in [5.74, 6) is 0.259. The molecule has 7 heteroatoms. The average Bonchev–Trinajstić information content (AvgIpc) is 2.76. The first-order chi connectivity index (χ1) is 9.32. The molecule has 1 aromatic rings. The van der Waals surface area contributed by atoms with Crippen molar-refractivity contribution in [3.63, 3.8) is 0 Å². The molecule has 0 bridgehead atoms. The molecule has 116 valence electrons. The van der Waals surface area contributed by atoms with Crippen molar-refractivity contribution in [2.75, 3.05) is 26.8 Å². The van der Waals surface area contributed by atoms with Gasteiger partial charge in [0.05, 0.1) is 11.5 Å². The highest BCUT2D eigenvalue weighted by Gasteiger charge is 2.27. The molecule has 2 N–H and O–H groups in total. The highest BCUT2D eigenvalue weighted by molar-refractivity contribution is 7.89. The van der Waals surface area contributed by atoms with Crippen LogP contribution in [-0.2, 0) is 21.3 Å². The molecule has 0 aliphatic rings. The zero-order valence-electron chi connectivity index (χ0n) is 12.5. The van der Waals surface area contributed by atoms with Gasteiger partial charge in [0.15, 0.2) is 0 Å². The van der Waals surface area contributed by atoms with E-state index in [1.54, 1.807) is 13.2 Å². The fraction of sp³-hybridized carbons (Fsp3) is 0.692. The van der Waals surface area contributed by atoms with Gasteiger partial charge < -0.3 is 10.5 Å². The Morgan fingerprint density at radius 1 is 1.45 bits per heavy atom. The van der Waals surface area contributed by atoms with Crippen LogP contribution in [0.5, 0.6) is 0 Å². The maximum absolute atomic E-state index is 12.8. The first-order valence-electron chi connectivity index (χ1n) is 6.61. The Hall–Kier alpha value is -0.470. The van der Waals surface area contributed by atoms with Crippen LogP contribution >= 0.6 is 11.3 Å². The Labute approximate surface area is 125 Å². The first kappa shape index (κ1) is 17.6. The second-order valence-electron chi connectivity index (χ2n) is 5.09. The standard InChI is InChI=1S/C13H24N2O3S2/c1-10(2)9-15(5-6-18-4)20(16,17)13-7-12(8-14)19-11(13)3/h7,10H,5-6,8-9,14H2,1-4H3. The average molecular weight is 320 g/mol. The summed E-state index contributed by atoms with van der Waals surface area (Å²) in [4.78, 5) is 2.05. The number of nitrogens with zero attached hydrogens (tertiary/aromatic N) is 1. The Morgan fingerprint density at radius 3 is 2.55 bits per heavy atom. The summed E-state index contributed by atoms with van der Waals surface area (Å²) in [5, 5.41) is 0. The van der Waals surface area contributed by atoms with E-state index in [4.69, 9.17) is 10.5 Å². The smallest absolute Gasteiger partial charge is 0.244 e. The van der Waals surface area contributed by atoms with Gasteiger partial charge in [-0.1, -0.05) is 13.8 Å². The van der Waals surface area contributed by atoms with E-state index in [0.717, 1.165) is 9.75 Å². The van der Waals surface area contributed by atoms with Crippen molar-refractivity contribution >= 4 is 21.4 Å². The Balaban J connectivity index is 3.10. The largest absolute Gasteiger partial charge is 0.383 e. The fourth-order valence-corrected chi connectivity index (χ4v) is 5.00. The van der Waals surface area contributed by atoms with Gasteiger partial charge in [0.2, 0.25) is 10.0 Å². The molecule has 0 aromatic carbocycles. The predicted molar refractivity (Wildman–Crippen MR) is 82.4 cm³/mol. The van der Waals surface area contributed by atoms with Crippen LogP contribution < -0.4 is 5.73 Å². The Kier molecular flexibility index (Phi) is 6.60. The van der Waals surface area contributed by atoms with Crippen LogP contribution in [0, 0.1) is 12.8 Å². The van der Waals surface area contributed by atoms with Crippen molar-refractivity contribution in [2.45, 2.75) is 32.2 Å². The van der Waals surface area contributed by atoms with E-state index >= 15 is 0 Å². The first-order valence-corrected chi connectivity index (χ1v) is 8.87. The SMILES string of the molecule is COCCN(CC(C)C)S(=O)(=O)c1cc(CN)sc1C. The van der Waals surface area contributed by atoms with Gasteiger partial charge in [0, 0.05) is 36.5 Å². The van der Waals surface area contributed by atoms with Crippen molar-refractivity contribution in [2.24, 2.45) is 11.7 Å². The molecule has 1 rings (SSSR count). The molecule has 0 amide bonds. The van der Waals surface area contributed by atoms with Gasteiger partial charge in [0.1, 0.15) is 0 Å². The van der Waals surface area contributed by atoms with Crippen LogP contribution in [0.3, 0.4) is 0 Å². The molecule has 0 fully saturated rings. The third kappa shape index (κ3) is 4.26. The van der Waals surface area contributed by atoms with Gasteiger partial charge in [-0.3, -0.25) is 0 Å². The summed E-state index contributed by atoms with van der Waals surface area (Å²) in [7, 11) is -1.91. The van der Waals surface area contributed by atoms with E-state index in [1.165, 1.54) is 15.6 Å². The minimum absolute atomic E-state index is 0.259. The predicted octanol–water partition coefficient (Wildman–Crippen LogP) is 1.81. The molecule has 1 heterocycles. The Bertz CT molecular complexity index is 524. The molecule has 0 saturated carbocycles. The summed E-state index contributed by atoms with van der Waals surface area (Å²) < 4.78 is 32.0. The van der Waals surface area contributed by atoms with E-state index in [0.29, 0.717) is 31.1 Å². The Morgan fingerprint density at radius 2 is 2.10 bits per heavy atom. The van der Waals surface area contributed by atoms with Crippen molar-refractivity contribution in [1.29, 1.82) is 0 Å². The highest BCUT2D eigenvalue weighted by atomic mass is 32.2. The molecule has 5 nitrogen and oxygen atoms in total. The molecule has 1 aromatic heterocycles. The molecule has 0 aliphatic carbocycles. The molecule has 0 spiro atoms. The summed E-state index contributed by atoms with van der Waals surface area (Å²) >= 11 is 1.44. The lowest BCUT2D eigenvalue weighted by Crippen LogP contribution is -2.36. The number of ether oxygens (including phenoxy) is 1. The van der Waals surface area contributed by atoms with Gasteiger partial charge in [-0.15, -0.1) is 11.3 Å². The normalized spacial score (nSPS) is 12.6. The number of rotatable bonds is 8. The molecule has 0 unspecified atom stereocenters. The zero-order chi connectivity index (χ0) is 15.3. The molecule has 0 atom stereocenters. The number of nitrogens with two attached hydrogens (primary N) is 1.